The zero-order chi connectivity index (χ0) is 24.3. The maximum Gasteiger partial charge on any atom is 0.294 e. The number of hydrogen-bond acceptors (Lipinski definition) is 7. The van der Waals surface area contributed by atoms with E-state index in [1.807, 2.05) is 0 Å². The second-order valence-electron chi connectivity index (χ2n) is 7.99. The van der Waals surface area contributed by atoms with E-state index in [-0.39, 0.29) is 33.7 Å². The molecule has 8 nitrogen and oxygen atoms in total. The Morgan fingerprint density at radius 2 is 1.88 bits per heavy atom. The smallest absolute Gasteiger partial charge is 0.294 e. The van der Waals surface area contributed by atoms with Crippen LogP contribution < -0.4 is 10.1 Å². The predicted molar refractivity (Wildman–Crippen MR) is 135 cm³/mol. The third-order valence-electron chi connectivity index (χ3n) is 5.65. The van der Waals surface area contributed by atoms with Gasteiger partial charge >= 0.3 is 0 Å². The maximum absolute atomic E-state index is 13.3. The van der Waals surface area contributed by atoms with E-state index in [4.69, 9.17) is 16.3 Å². The van der Waals surface area contributed by atoms with E-state index >= 15 is 0 Å². The summed E-state index contributed by atoms with van der Waals surface area (Å²) in [5, 5.41) is 2.16. The molecule has 1 aromatic carbocycles. The molecule has 1 aliphatic heterocycles. The Kier molecular flexibility index (Phi) is 7.86. The highest BCUT2D eigenvalue weighted by Crippen LogP contribution is 2.37. The molecule has 2 amide bonds. The maximum atomic E-state index is 13.3. The SMILES string of the molecule is COc1ccc(NC(=O)CC2SC(=NS(=O)(=O)c3ccc(Cl)s3)N(C3CCCCC3)C2=O)cc1. The van der Waals surface area contributed by atoms with Crippen LogP contribution in [-0.2, 0) is 19.6 Å². The summed E-state index contributed by atoms with van der Waals surface area (Å²) in [4.78, 5) is 27.5. The standard InChI is InChI=1S/C22H24ClN3O5S3/c1-31-16-9-7-14(8-10-16)24-19(27)13-17-21(28)26(15-5-3-2-4-6-15)22(32-17)25-34(29,30)20-12-11-18(23)33-20/h7-12,15,17H,2-6,13H2,1H3,(H,24,27). The molecule has 2 aromatic rings. The Morgan fingerprint density at radius 1 is 1.18 bits per heavy atom. The number of sulfonamides is 1. The summed E-state index contributed by atoms with van der Waals surface area (Å²) >= 11 is 7.85. The van der Waals surface area contributed by atoms with Gasteiger partial charge in [-0.15, -0.1) is 15.7 Å². The van der Waals surface area contributed by atoms with Gasteiger partial charge in [0.1, 0.15) is 15.2 Å². The average molecular weight is 542 g/mol. The van der Waals surface area contributed by atoms with Crippen LogP contribution in [0, 0.1) is 0 Å². The lowest BCUT2D eigenvalue weighted by Gasteiger charge is -2.30. The Morgan fingerprint density at radius 3 is 2.50 bits per heavy atom. The average Bonchev–Trinajstić information content (AvgIpc) is 3.38. The number of ether oxygens (including phenoxy) is 1. The van der Waals surface area contributed by atoms with E-state index < -0.39 is 15.3 Å². The van der Waals surface area contributed by atoms with E-state index in [1.54, 1.807) is 31.4 Å². The van der Waals surface area contributed by atoms with Gasteiger partial charge in [0.25, 0.3) is 10.0 Å². The van der Waals surface area contributed by atoms with Crippen LogP contribution in [0.1, 0.15) is 38.5 Å². The number of amides is 2. The summed E-state index contributed by atoms with van der Waals surface area (Å²) in [5.74, 6) is 0.0467. The second kappa shape index (κ2) is 10.7. The van der Waals surface area contributed by atoms with Gasteiger partial charge in [0.15, 0.2) is 5.17 Å². The molecule has 2 heterocycles. The summed E-state index contributed by atoms with van der Waals surface area (Å²) in [6.45, 7) is 0. The number of rotatable bonds is 7. The van der Waals surface area contributed by atoms with Gasteiger partial charge < -0.3 is 10.1 Å². The van der Waals surface area contributed by atoms with Crippen molar-refractivity contribution in [2.45, 2.75) is 54.0 Å². The van der Waals surface area contributed by atoms with Gasteiger partial charge in [0, 0.05) is 18.2 Å². The Balaban J connectivity index is 1.54. The number of nitrogens with zero attached hydrogens (tertiary/aromatic N) is 2. The lowest BCUT2D eigenvalue weighted by Crippen LogP contribution is -2.42. The van der Waals surface area contributed by atoms with Crippen LogP contribution in [0.3, 0.4) is 0 Å². The van der Waals surface area contributed by atoms with Crippen LogP contribution in [0.2, 0.25) is 4.34 Å². The summed E-state index contributed by atoms with van der Waals surface area (Å²) in [5.41, 5.74) is 0.580. The molecule has 2 aliphatic rings. The molecule has 0 bridgehead atoms. The summed E-state index contributed by atoms with van der Waals surface area (Å²) < 4.78 is 35.3. The van der Waals surface area contributed by atoms with Crippen molar-refractivity contribution in [3.63, 3.8) is 0 Å². The molecule has 182 valence electrons. The van der Waals surface area contributed by atoms with Gasteiger partial charge in [-0.05, 0) is 49.2 Å². The summed E-state index contributed by atoms with van der Waals surface area (Å²) in [7, 11) is -2.47. The number of amidine groups is 1. The second-order valence-corrected chi connectivity index (χ2v) is 12.7. The third kappa shape index (κ3) is 5.76. The first-order valence-corrected chi connectivity index (χ1v) is 14.3. The minimum Gasteiger partial charge on any atom is -0.497 e. The highest BCUT2D eigenvalue weighted by molar-refractivity contribution is 8.16. The minimum atomic E-state index is -4.03. The van der Waals surface area contributed by atoms with Crippen LogP contribution in [0.4, 0.5) is 5.69 Å². The minimum absolute atomic E-state index is 0.0161. The number of methoxy groups -OCH3 is 1. The Labute approximate surface area is 211 Å². The van der Waals surface area contributed by atoms with Gasteiger partial charge in [0.2, 0.25) is 11.8 Å². The lowest BCUT2D eigenvalue weighted by molar-refractivity contribution is -0.130. The fourth-order valence-electron chi connectivity index (χ4n) is 3.99. The number of halogens is 1. The zero-order valence-corrected chi connectivity index (χ0v) is 21.6. The number of nitrogens with one attached hydrogen (secondary N) is 1. The van der Waals surface area contributed by atoms with Crippen molar-refractivity contribution in [2.75, 3.05) is 12.4 Å². The molecule has 0 spiro atoms. The van der Waals surface area contributed by atoms with Crippen LogP contribution in [0.15, 0.2) is 45.0 Å². The van der Waals surface area contributed by atoms with Gasteiger partial charge in [-0.2, -0.15) is 8.42 Å². The molecule has 1 saturated carbocycles. The lowest BCUT2D eigenvalue weighted by atomic mass is 9.94. The van der Waals surface area contributed by atoms with Crippen molar-refractivity contribution in [1.82, 2.24) is 4.90 Å². The van der Waals surface area contributed by atoms with E-state index in [9.17, 15) is 18.0 Å². The van der Waals surface area contributed by atoms with Gasteiger partial charge in [-0.3, -0.25) is 14.5 Å². The molecule has 2 fully saturated rings. The number of thioether (sulfide) groups is 1. The third-order valence-corrected chi connectivity index (χ3v) is 9.88. The Bertz CT molecular complexity index is 1190. The number of benzene rings is 1. The van der Waals surface area contributed by atoms with Crippen molar-refractivity contribution in [1.29, 1.82) is 0 Å². The van der Waals surface area contributed by atoms with Crippen LogP contribution in [0.5, 0.6) is 5.75 Å². The van der Waals surface area contributed by atoms with E-state index in [0.717, 1.165) is 55.2 Å². The number of hydrogen-bond donors (Lipinski definition) is 1. The molecule has 4 rings (SSSR count). The molecule has 1 aromatic heterocycles. The zero-order valence-electron chi connectivity index (χ0n) is 18.4. The van der Waals surface area contributed by atoms with E-state index in [1.165, 1.54) is 17.0 Å². The highest BCUT2D eigenvalue weighted by Gasteiger charge is 2.43. The van der Waals surface area contributed by atoms with Gasteiger partial charge in [-0.1, -0.05) is 42.6 Å². The molecule has 12 heteroatoms. The number of thiophene rings is 1. The molecule has 0 radical (unpaired) electrons. The molecule has 1 saturated heterocycles. The van der Waals surface area contributed by atoms with Gasteiger partial charge in [-0.25, -0.2) is 0 Å². The molecule has 1 N–H and O–H groups in total. The largest absolute Gasteiger partial charge is 0.497 e. The quantitative estimate of drug-likeness (QED) is 0.542. The van der Waals surface area contributed by atoms with Crippen molar-refractivity contribution < 1.29 is 22.7 Å². The number of carbonyl (C=O) groups excluding carboxylic acids is 2. The molecule has 1 atom stereocenters. The number of carbonyl (C=O) groups is 2. The van der Waals surface area contributed by atoms with Crippen molar-refractivity contribution in [3.8, 4) is 5.75 Å². The Hall–Kier alpha value is -2.08. The van der Waals surface area contributed by atoms with Gasteiger partial charge in [0.05, 0.1) is 11.4 Å². The molecular weight excluding hydrogens is 518 g/mol. The normalized spacial score (nSPS) is 20.6. The molecule has 34 heavy (non-hydrogen) atoms. The van der Waals surface area contributed by atoms with Crippen molar-refractivity contribution in [3.05, 3.63) is 40.7 Å². The topological polar surface area (TPSA) is 105 Å². The van der Waals surface area contributed by atoms with E-state index in [2.05, 4.69) is 9.71 Å². The van der Waals surface area contributed by atoms with Crippen LogP contribution in [-0.4, -0.2) is 48.7 Å². The number of anilines is 1. The highest BCUT2D eigenvalue weighted by atomic mass is 35.5. The van der Waals surface area contributed by atoms with Crippen molar-refractivity contribution in [2.24, 2.45) is 4.40 Å². The molecular formula is C22H24ClN3O5S3. The first-order chi connectivity index (χ1) is 16.3. The first-order valence-electron chi connectivity index (χ1n) is 10.8. The van der Waals surface area contributed by atoms with Crippen LogP contribution in [0.25, 0.3) is 0 Å². The first kappa shape index (κ1) is 25.0. The summed E-state index contributed by atoms with van der Waals surface area (Å²) in [6.07, 6.45) is 4.47. The molecule has 1 unspecified atom stereocenters. The van der Waals surface area contributed by atoms with Crippen molar-refractivity contribution >= 4 is 67.4 Å². The predicted octanol–water partition coefficient (Wildman–Crippen LogP) is 4.76. The van der Waals surface area contributed by atoms with Crippen LogP contribution >= 0.6 is 34.7 Å². The fraction of sp³-hybridized carbons (Fsp3) is 0.409. The van der Waals surface area contributed by atoms with E-state index in [0.29, 0.717) is 15.8 Å². The summed E-state index contributed by atoms with van der Waals surface area (Å²) in [6, 6.07) is 9.64. The fourth-order valence-corrected chi connectivity index (χ4v) is 7.86. The monoisotopic (exact) mass is 541 g/mol. The molecule has 1 aliphatic carbocycles.